The molecule has 1 N–H and O–H groups in total. The molecule has 0 bridgehead atoms. The van der Waals surface area contributed by atoms with Gasteiger partial charge in [-0.1, -0.05) is 24.1 Å². The highest BCUT2D eigenvalue weighted by Gasteiger charge is 2.30. The number of carbonyl (C=O) groups excluding carboxylic acids is 1. The summed E-state index contributed by atoms with van der Waals surface area (Å²) in [6, 6.07) is 11.1. The van der Waals surface area contributed by atoms with Crippen LogP contribution < -0.4 is 5.32 Å². The van der Waals surface area contributed by atoms with E-state index in [1.165, 1.54) is 18.2 Å². The third-order valence-electron chi connectivity index (χ3n) is 5.12. The predicted octanol–water partition coefficient (Wildman–Crippen LogP) is 4.34. The fraction of sp³-hybridized carbons (Fsp3) is 0.483. The summed E-state index contributed by atoms with van der Waals surface area (Å²) in [5.41, 5.74) is -0.0805. The van der Waals surface area contributed by atoms with E-state index in [-0.39, 0.29) is 31.1 Å². The first kappa shape index (κ1) is 34.0. The number of ether oxygens (including phenoxy) is 7. The zero-order chi connectivity index (χ0) is 29.6. The van der Waals surface area contributed by atoms with Gasteiger partial charge in [-0.3, -0.25) is 0 Å². The lowest BCUT2D eigenvalue weighted by molar-refractivity contribution is -0.137. The fourth-order valence-electron chi connectivity index (χ4n) is 3.20. The Labute approximate surface area is 238 Å². The quantitative estimate of drug-likeness (QED) is 0.123. The first-order valence-electron chi connectivity index (χ1n) is 13.0. The third-order valence-corrected chi connectivity index (χ3v) is 5.12. The molecule has 226 valence electrons. The number of para-hydroxylation sites is 1. The largest absolute Gasteiger partial charge is 0.460 e. The van der Waals surface area contributed by atoms with Crippen LogP contribution in [0.25, 0.3) is 0 Å². The van der Waals surface area contributed by atoms with Crippen LogP contribution in [0.5, 0.6) is 0 Å². The van der Waals surface area contributed by atoms with Gasteiger partial charge in [0.1, 0.15) is 13.2 Å². The monoisotopic (exact) mass is 583 g/mol. The molecule has 0 heterocycles. The predicted molar refractivity (Wildman–Crippen MR) is 145 cm³/mol. The highest BCUT2D eigenvalue weighted by atomic mass is 19.4. The van der Waals surface area contributed by atoms with Crippen molar-refractivity contribution in [3.05, 3.63) is 59.7 Å². The summed E-state index contributed by atoms with van der Waals surface area (Å²) in [5.74, 6) is 1.75. The molecule has 0 aliphatic rings. The number of benzene rings is 2. The van der Waals surface area contributed by atoms with E-state index in [1.54, 1.807) is 18.2 Å². The Morgan fingerprint density at radius 2 is 1.22 bits per heavy atom. The van der Waals surface area contributed by atoms with E-state index in [4.69, 9.17) is 39.6 Å². The number of carbonyl (C=O) groups is 1. The van der Waals surface area contributed by atoms with Crippen LogP contribution in [0.15, 0.2) is 48.5 Å². The van der Waals surface area contributed by atoms with Crippen LogP contribution in [-0.4, -0.2) is 91.9 Å². The number of alkyl halides is 3. The zero-order valence-corrected chi connectivity index (χ0v) is 22.8. The maximum atomic E-state index is 13.0. The average molecular weight is 584 g/mol. The summed E-state index contributed by atoms with van der Waals surface area (Å²) in [6.07, 6.45) is 0.592. The van der Waals surface area contributed by atoms with E-state index < -0.39 is 17.7 Å². The van der Waals surface area contributed by atoms with Crippen molar-refractivity contribution in [2.45, 2.75) is 6.18 Å². The van der Waals surface area contributed by atoms with Gasteiger partial charge in [-0.15, -0.1) is 6.42 Å². The Kier molecular flexibility index (Phi) is 17.1. The van der Waals surface area contributed by atoms with Crippen molar-refractivity contribution in [1.29, 1.82) is 0 Å². The molecule has 0 unspecified atom stereocenters. The number of halogens is 3. The molecule has 0 saturated carbocycles. The summed E-state index contributed by atoms with van der Waals surface area (Å²) < 4.78 is 76.2. The lowest BCUT2D eigenvalue weighted by Crippen LogP contribution is -2.15. The van der Waals surface area contributed by atoms with Crippen LogP contribution in [0.1, 0.15) is 15.9 Å². The molecule has 0 aliphatic carbocycles. The Morgan fingerprint density at radius 3 is 1.76 bits per heavy atom. The lowest BCUT2D eigenvalue weighted by Gasteiger charge is -2.13. The number of esters is 1. The SMILES string of the molecule is C#CCOCCOCCOCCOCCOCCOCCOC(=O)c1ccccc1Nc1cccc(C(F)(F)F)c1. The van der Waals surface area contributed by atoms with Gasteiger partial charge in [0.05, 0.1) is 89.5 Å². The standard InChI is InChI=1S/C29H36F3NO8/c1-2-10-35-11-12-36-13-14-37-15-16-38-17-18-39-19-20-40-21-22-41-28(34)26-8-3-4-9-27(26)33-25-7-5-6-24(23-25)29(30,31)32/h1,3-9,23,33H,10-22H2. The van der Waals surface area contributed by atoms with Crippen LogP contribution in [0.4, 0.5) is 24.5 Å². The molecule has 12 heteroatoms. The highest BCUT2D eigenvalue weighted by Crippen LogP contribution is 2.32. The van der Waals surface area contributed by atoms with Crippen LogP contribution >= 0.6 is 0 Å². The molecule has 0 amide bonds. The van der Waals surface area contributed by atoms with Crippen molar-refractivity contribution in [1.82, 2.24) is 0 Å². The van der Waals surface area contributed by atoms with Crippen LogP contribution in [-0.2, 0) is 39.3 Å². The number of nitrogens with one attached hydrogen (secondary N) is 1. The van der Waals surface area contributed by atoms with Gasteiger partial charge in [0.2, 0.25) is 0 Å². The third kappa shape index (κ3) is 15.4. The second-order valence-electron chi connectivity index (χ2n) is 8.20. The topological polar surface area (TPSA) is 93.7 Å². The van der Waals surface area contributed by atoms with Crippen LogP contribution in [0.3, 0.4) is 0 Å². The highest BCUT2D eigenvalue weighted by molar-refractivity contribution is 5.96. The van der Waals surface area contributed by atoms with E-state index in [9.17, 15) is 18.0 Å². The van der Waals surface area contributed by atoms with E-state index in [2.05, 4.69) is 11.2 Å². The van der Waals surface area contributed by atoms with Crippen molar-refractivity contribution in [2.24, 2.45) is 0 Å². The number of hydrogen-bond donors (Lipinski definition) is 1. The molecule has 2 aromatic rings. The molecule has 2 rings (SSSR count). The Balaban J connectivity index is 1.48. The lowest BCUT2D eigenvalue weighted by atomic mass is 10.1. The summed E-state index contributed by atoms with van der Waals surface area (Å²) in [6.45, 7) is 4.65. The molecule has 0 spiro atoms. The molecule has 0 aliphatic heterocycles. The van der Waals surface area contributed by atoms with Crippen molar-refractivity contribution in [3.63, 3.8) is 0 Å². The molecule has 0 radical (unpaired) electrons. The van der Waals surface area contributed by atoms with E-state index in [0.29, 0.717) is 71.8 Å². The van der Waals surface area contributed by atoms with Gasteiger partial charge in [-0.05, 0) is 30.3 Å². The molecular formula is C29H36F3NO8. The number of terminal acetylenes is 1. The first-order chi connectivity index (χ1) is 19.9. The van der Waals surface area contributed by atoms with Gasteiger partial charge in [0.15, 0.2) is 0 Å². The van der Waals surface area contributed by atoms with E-state index >= 15 is 0 Å². The molecule has 41 heavy (non-hydrogen) atoms. The Morgan fingerprint density at radius 1 is 0.707 bits per heavy atom. The molecule has 2 aromatic carbocycles. The zero-order valence-electron chi connectivity index (χ0n) is 22.8. The van der Waals surface area contributed by atoms with Gasteiger partial charge in [-0.25, -0.2) is 4.79 Å². The van der Waals surface area contributed by atoms with Crippen molar-refractivity contribution in [2.75, 3.05) is 91.2 Å². The summed E-state index contributed by atoms with van der Waals surface area (Å²) in [7, 11) is 0. The Hall–Kier alpha value is -3.18. The van der Waals surface area contributed by atoms with Crippen molar-refractivity contribution in [3.8, 4) is 12.3 Å². The van der Waals surface area contributed by atoms with Gasteiger partial charge in [0, 0.05) is 5.69 Å². The number of rotatable bonds is 22. The first-order valence-corrected chi connectivity index (χ1v) is 13.0. The summed E-state index contributed by atoms with van der Waals surface area (Å²) in [5, 5.41) is 2.85. The van der Waals surface area contributed by atoms with Crippen LogP contribution in [0.2, 0.25) is 0 Å². The average Bonchev–Trinajstić information content (AvgIpc) is 2.96. The molecule has 0 atom stereocenters. The van der Waals surface area contributed by atoms with Gasteiger partial charge in [0.25, 0.3) is 0 Å². The summed E-state index contributed by atoms with van der Waals surface area (Å²) in [4.78, 5) is 12.5. The minimum atomic E-state index is -4.47. The number of hydrogen-bond acceptors (Lipinski definition) is 9. The normalized spacial score (nSPS) is 11.3. The number of anilines is 2. The summed E-state index contributed by atoms with van der Waals surface area (Å²) >= 11 is 0. The molecular weight excluding hydrogens is 547 g/mol. The fourth-order valence-corrected chi connectivity index (χ4v) is 3.20. The Bertz CT molecular complexity index is 1050. The molecule has 9 nitrogen and oxygen atoms in total. The molecule has 0 fully saturated rings. The van der Waals surface area contributed by atoms with E-state index in [1.807, 2.05) is 0 Å². The second-order valence-corrected chi connectivity index (χ2v) is 8.20. The van der Waals surface area contributed by atoms with Crippen molar-refractivity contribution >= 4 is 17.3 Å². The van der Waals surface area contributed by atoms with Gasteiger partial charge >= 0.3 is 12.1 Å². The smallest absolute Gasteiger partial charge is 0.416 e. The van der Waals surface area contributed by atoms with Gasteiger partial charge < -0.3 is 38.5 Å². The van der Waals surface area contributed by atoms with E-state index in [0.717, 1.165) is 12.1 Å². The minimum absolute atomic E-state index is 0.00439. The maximum Gasteiger partial charge on any atom is 0.416 e. The molecule has 0 saturated heterocycles. The maximum absolute atomic E-state index is 13.0. The minimum Gasteiger partial charge on any atom is -0.460 e. The molecule has 0 aromatic heterocycles. The van der Waals surface area contributed by atoms with Crippen molar-refractivity contribution < 1.29 is 51.1 Å². The van der Waals surface area contributed by atoms with Crippen LogP contribution in [0, 0.1) is 12.3 Å². The second kappa shape index (κ2) is 20.7. The van der Waals surface area contributed by atoms with Gasteiger partial charge in [-0.2, -0.15) is 13.2 Å².